The van der Waals surface area contributed by atoms with Crippen LogP contribution in [0.4, 0.5) is 5.69 Å². The summed E-state index contributed by atoms with van der Waals surface area (Å²) in [7, 11) is 0. The molecular formula is C15H9Cl2NOS. The SMILES string of the molecule is Nc1cc(Cl)c(Cl)c(C(=O)c2csc3ccccc23)c1. The van der Waals surface area contributed by atoms with Crippen molar-refractivity contribution in [3.63, 3.8) is 0 Å². The average Bonchev–Trinajstić information content (AvgIpc) is 2.86. The van der Waals surface area contributed by atoms with Crippen molar-refractivity contribution >= 4 is 56.1 Å². The topological polar surface area (TPSA) is 43.1 Å². The number of thiophene rings is 1. The number of ketones is 1. The molecule has 3 rings (SSSR count). The normalized spacial score (nSPS) is 10.9. The zero-order valence-corrected chi connectivity index (χ0v) is 12.5. The van der Waals surface area contributed by atoms with Crippen molar-refractivity contribution in [1.29, 1.82) is 0 Å². The van der Waals surface area contributed by atoms with Gasteiger partial charge in [-0.05, 0) is 18.2 Å². The highest BCUT2D eigenvalue weighted by Crippen LogP contribution is 2.33. The number of hydrogen-bond acceptors (Lipinski definition) is 3. The van der Waals surface area contributed by atoms with Crippen LogP contribution in [0.2, 0.25) is 10.0 Å². The maximum absolute atomic E-state index is 12.7. The molecule has 100 valence electrons. The van der Waals surface area contributed by atoms with Crippen molar-refractivity contribution in [1.82, 2.24) is 0 Å². The summed E-state index contributed by atoms with van der Waals surface area (Å²) in [5.41, 5.74) is 7.11. The Morgan fingerprint density at radius 2 is 1.85 bits per heavy atom. The van der Waals surface area contributed by atoms with E-state index in [1.165, 1.54) is 17.4 Å². The molecule has 2 N–H and O–H groups in total. The first-order chi connectivity index (χ1) is 9.58. The first-order valence-corrected chi connectivity index (χ1v) is 7.47. The molecule has 2 aromatic carbocycles. The van der Waals surface area contributed by atoms with E-state index < -0.39 is 0 Å². The third-order valence-electron chi connectivity index (χ3n) is 3.02. The number of anilines is 1. The van der Waals surface area contributed by atoms with Crippen LogP contribution in [0.15, 0.2) is 41.8 Å². The maximum Gasteiger partial charge on any atom is 0.196 e. The van der Waals surface area contributed by atoms with Crippen LogP contribution >= 0.6 is 34.5 Å². The van der Waals surface area contributed by atoms with Gasteiger partial charge in [-0.1, -0.05) is 41.4 Å². The lowest BCUT2D eigenvalue weighted by Gasteiger charge is -2.06. The Hall–Kier alpha value is -1.55. The van der Waals surface area contributed by atoms with Crippen molar-refractivity contribution in [3.05, 3.63) is 63.0 Å². The van der Waals surface area contributed by atoms with Gasteiger partial charge in [0.2, 0.25) is 0 Å². The van der Waals surface area contributed by atoms with Crippen molar-refractivity contribution in [2.45, 2.75) is 0 Å². The summed E-state index contributed by atoms with van der Waals surface area (Å²) in [5.74, 6) is -0.165. The van der Waals surface area contributed by atoms with E-state index in [0.29, 0.717) is 16.8 Å². The van der Waals surface area contributed by atoms with Gasteiger partial charge in [0.05, 0.1) is 10.0 Å². The van der Waals surface area contributed by atoms with Gasteiger partial charge >= 0.3 is 0 Å². The Morgan fingerprint density at radius 3 is 2.65 bits per heavy atom. The molecular weight excluding hydrogens is 313 g/mol. The Balaban J connectivity index is 2.18. The van der Waals surface area contributed by atoms with Gasteiger partial charge in [0.15, 0.2) is 5.78 Å². The monoisotopic (exact) mass is 321 g/mol. The van der Waals surface area contributed by atoms with Crippen LogP contribution < -0.4 is 5.73 Å². The number of fused-ring (bicyclic) bond motifs is 1. The molecule has 0 saturated carbocycles. The Labute approximate surface area is 129 Å². The van der Waals surface area contributed by atoms with Crippen molar-refractivity contribution < 1.29 is 4.79 Å². The molecule has 0 aliphatic carbocycles. The largest absolute Gasteiger partial charge is 0.399 e. The number of nitrogen functional groups attached to an aromatic ring is 1. The number of halogens is 2. The molecule has 20 heavy (non-hydrogen) atoms. The quantitative estimate of drug-likeness (QED) is 0.532. The number of benzene rings is 2. The van der Waals surface area contributed by atoms with Crippen LogP contribution in [0.5, 0.6) is 0 Å². The summed E-state index contributed by atoms with van der Waals surface area (Å²) >= 11 is 13.6. The molecule has 0 unspecified atom stereocenters. The Kier molecular flexibility index (Phi) is 3.42. The van der Waals surface area contributed by atoms with Crippen LogP contribution in [0, 0.1) is 0 Å². The second kappa shape index (κ2) is 5.09. The molecule has 3 aromatic rings. The second-order valence-corrected chi connectivity index (χ2v) is 6.04. The third kappa shape index (κ3) is 2.18. The highest BCUT2D eigenvalue weighted by Gasteiger charge is 2.19. The number of carbonyl (C=O) groups is 1. The van der Waals surface area contributed by atoms with Gasteiger partial charge < -0.3 is 5.73 Å². The van der Waals surface area contributed by atoms with Gasteiger partial charge in [-0.15, -0.1) is 11.3 Å². The van der Waals surface area contributed by atoms with E-state index in [4.69, 9.17) is 28.9 Å². The van der Waals surface area contributed by atoms with E-state index in [2.05, 4.69) is 0 Å². The first-order valence-electron chi connectivity index (χ1n) is 5.83. The van der Waals surface area contributed by atoms with Crippen LogP contribution in [-0.2, 0) is 0 Å². The molecule has 0 bridgehead atoms. The molecule has 1 aromatic heterocycles. The zero-order valence-electron chi connectivity index (χ0n) is 10.2. The Morgan fingerprint density at radius 1 is 1.10 bits per heavy atom. The molecule has 0 saturated heterocycles. The number of hydrogen-bond donors (Lipinski definition) is 1. The lowest BCUT2D eigenvalue weighted by Crippen LogP contribution is -2.03. The summed E-state index contributed by atoms with van der Waals surface area (Å²) in [4.78, 5) is 12.7. The summed E-state index contributed by atoms with van der Waals surface area (Å²) in [6.07, 6.45) is 0. The summed E-state index contributed by atoms with van der Waals surface area (Å²) in [5, 5.41) is 3.27. The number of carbonyl (C=O) groups excluding carboxylic acids is 1. The zero-order chi connectivity index (χ0) is 14.3. The van der Waals surface area contributed by atoms with Gasteiger partial charge in [-0.25, -0.2) is 0 Å². The summed E-state index contributed by atoms with van der Waals surface area (Å²) < 4.78 is 1.06. The van der Waals surface area contributed by atoms with Crippen molar-refractivity contribution in [3.8, 4) is 0 Å². The molecule has 0 spiro atoms. The number of nitrogens with two attached hydrogens (primary N) is 1. The second-order valence-electron chi connectivity index (χ2n) is 4.34. The molecule has 0 atom stereocenters. The van der Waals surface area contributed by atoms with E-state index in [1.807, 2.05) is 29.6 Å². The molecule has 0 fully saturated rings. The first kappa shape index (κ1) is 13.4. The molecule has 5 heteroatoms. The minimum absolute atomic E-state index is 0.165. The van der Waals surface area contributed by atoms with Crippen molar-refractivity contribution in [2.24, 2.45) is 0 Å². The molecule has 0 aliphatic heterocycles. The van der Waals surface area contributed by atoms with Crippen LogP contribution in [0.1, 0.15) is 15.9 Å². The van der Waals surface area contributed by atoms with Crippen LogP contribution in [0.3, 0.4) is 0 Å². The highest BCUT2D eigenvalue weighted by atomic mass is 35.5. The summed E-state index contributed by atoms with van der Waals surface area (Å²) in [6, 6.07) is 10.8. The fraction of sp³-hybridized carbons (Fsp3) is 0. The lowest BCUT2D eigenvalue weighted by atomic mass is 10.0. The smallest absolute Gasteiger partial charge is 0.196 e. The molecule has 1 heterocycles. The van der Waals surface area contributed by atoms with Crippen LogP contribution in [0.25, 0.3) is 10.1 Å². The minimum atomic E-state index is -0.165. The molecule has 0 aliphatic rings. The molecule has 0 amide bonds. The number of rotatable bonds is 2. The van der Waals surface area contributed by atoms with Crippen LogP contribution in [-0.4, -0.2) is 5.78 Å². The van der Waals surface area contributed by atoms with Gasteiger partial charge in [0.25, 0.3) is 0 Å². The third-order valence-corrected chi connectivity index (χ3v) is 4.79. The molecule has 2 nitrogen and oxygen atoms in total. The van der Waals surface area contributed by atoms with Gasteiger partial charge in [0, 0.05) is 32.3 Å². The van der Waals surface area contributed by atoms with E-state index in [1.54, 1.807) is 6.07 Å². The maximum atomic E-state index is 12.7. The average molecular weight is 322 g/mol. The van der Waals surface area contributed by atoms with Gasteiger partial charge in [-0.2, -0.15) is 0 Å². The van der Waals surface area contributed by atoms with E-state index in [9.17, 15) is 4.79 Å². The Bertz CT molecular complexity index is 826. The standard InChI is InChI=1S/C15H9Cl2NOS/c16-12-6-8(18)5-10(14(12)17)15(19)11-7-20-13-4-2-1-3-9(11)13/h1-7H,18H2. The van der Waals surface area contributed by atoms with Gasteiger partial charge in [-0.3, -0.25) is 4.79 Å². The predicted octanol–water partition coefficient (Wildman–Crippen LogP) is 5.02. The fourth-order valence-electron chi connectivity index (χ4n) is 2.07. The predicted molar refractivity (Wildman–Crippen MR) is 86.1 cm³/mol. The molecule has 0 radical (unpaired) electrons. The van der Waals surface area contributed by atoms with Crippen molar-refractivity contribution in [2.75, 3.05) is 5.73 Å². The lowest BCUT2D eigenvalue weighted by molar-refractivity contribution is 0.104. The minimum Gasteiger partial charge on any atom is -0.399 e. The van der Waals surface area contributed by atoms with Gasteiger partial charge in [0.1, 0.15) is 0 Å². The van der Waals surface area contributed by atoms with E-state index in [-0.39, 0.29) is 15.8 Å². The fourth-order valence-corrected chi connectivity index (χ4v) is 3.44. The van der Waals surface area contributed by atoms with E-state index >= 15 is 0 Å². The highest BCUT2D eigenvalue weighted by molar-refractivity contribution is 7.17. The van der Waals surface area contributed by atoms with E-state index in [0.717, 1.165) is 10.1 Å². The summed E-state index contributed by atoms with van der Waals surface area (Å²) in [6.45, 7) is 0.